The summed E-state index contributed by atoms with van der Waals surface area (Å²) in [5, 5.41) is 2.67. The lowest BCUT2D eigenvalue weighted by Crippen LogP contribution is -2.39. The van der Waals surface area contributed by atoms with Crippen molar-refractivity contribution in [2.45, 2.75) is 51.1 Å². The van der Waals surface area contributed by atoms with Crippen molar-refractivity contribution in [1.82, 2.24) is 15.1 Å². The number of likely N-dealkylation sites (tertiary alicyclic amines) is 1. The molecule has 0 aliphatic carbocycles. The highest BCUT2D eigenvalue weighted by Gasteiger charge is 2.25. The van der Waals surface area contributed by atoms with Gasteiger partial charge in [0.2, 0.25) is 5.91 Å². The molecule has 132 valence electrons. The molecule has 1 aromatic heterocycles. The number of piperidine rings is 1. The minimum atomic E-state index is -0.0346. The van der Waals surface area contributed by atoms with Crippen LogP contribution in [0, 0.1) is 0 Å². The van der Waals surface area contributed by atoms with Crippen LogP contribution >= 0.6 is 11.3 Å². The SMILES string of the molecule is CNC(=O)c1cc2c(s1)CCN(C(=O)CC[C@H]1CCCCN1C)C2. The summed E-state index contributed by atoms with van der Waals surface area (Å²) < 4.78 is 0. The average Bonchev–Trinajstić information content (AvgIpc) is 3.03. The van der Waals surface area contributed by atoms with Crippen molar-refractivity contribution < 1.29 is 9.59 Å². The molecule has 3 heterocycles. The second-order valence-electron chi connectivity index (χ2n) is 6.87. The van der Waals surface area contributed by atoms with Crippen molar-refractivity contribution in [2.75, 3.05) is 27.2 Å². The van der Waals surface area contributed by atoms with E-state index in [1.165, 1.54) is 24.1 Å². The zero-order chi connectivity index (χ0) is 17.1. The lowest BCUT2D eigenvalue weighted by atomic mass is 9.98. The molecular formula is C18H27N3O2S. The summed E-state index contributed by atoms with van der Waals surface area (Å²) in [7, 11) is 3.83. The molecular weight excluding hydrogens is 322 g/mol. The van der Waals surface area contributed by atoms with E-state index in [2.05, 4.69) is 17.3 Å². The highest BCUT2D eigenvalue weighted by molar-refractivity contribution is 7.14. The first-order valence-electron chi connectivity index (χ1n) is 8.90. The van der Waals surface area contributed by atoms with Crippen LogP contribution in [0.2, 0.25) is 0 Å². The number of thiophene rings is 1. The molecule has 0 radical (unpaired) electrons. The number of amides is 2. The first kappa shape index (κ1) is 17.4. The third-order valence-corrected chi connectivity index (χ3v) is 6.52. The molecule has 2 aliphatic heterocycles. The van der Waals surface area contributed by atoms with Crippen LogP contribution < -0.4 is 5.32 Å². The van der Waals surface area contributed by atoms with Crippen molar-refractivity contribution >= 4 is 23.2 Å². The van der Waals surface area contributed by atoms with Crippen LogP contribution in [0.15, 0.2) is 6.07 Å². The Morgan fingerprint density at radius 1 is 1.33 bits per heavy atom. The molecule has 1 aromatic rings. The summed E-state index contributed by atoms with van der Waals surface area (Å²) in [6.45, 7) is 2.59. The fourth-order valence-electron chi connectivity index (χ4n) is 3.74. The molecule has 6 heteroatoms. The predicted octanol–water partition coefficient (Wildman–Crippen LogP) is 2.26. The number of carbonyl (C=O) groups excluding carboxylic acids is 2. The minimum absolute atomic E-state index is 0.0346. The fourth-order valence-corrected chi connectivity index (χ4v) is 4.85. The maximum atomic E-state index is 12.6. The van der Waals surface area contributed by atoms with E-state index in [-0.39, 0.29) is 11.8 Å². The number of hydrogen-bond acceptors (Lipinski definition) is 4. The highest BCUT2D eigenvalue weighted by Crippen LogP contribution is 2.29. The Labute approximate surface area is 148 Å². The van der Waals surface area contributed by atoms with Crippen molar-refractivity contribution in [1.29, 1.82) is 0 Å². The highest BCUT2D eigenvalue weighted by atomic mass is 32.1. The van der Waals surface area contributed by atoms with E-state index in [1.54, 1.807) is 18.4 Å². The van der Waals surface area contributed by atoms with Gasteiger partial charge in [0.05, 0.1) is 4.88 Å². The van der Waals surface area contributed by atoms with Gasteiger partial charge in [-0.15, -0.1) is 11.3 Å². The molecule has 0 unspecified atom stereocenters. The predicted molar refractivity (Wildman–Crippen MR) is 96.3 cm³/mol. The van der Waals surface area contributed by atoms with Gasteiger partial charge in [0.1, 0.15) is 0 Å². The van der Waals surface area contributed by atoms with Gasteiger partial charge in [-0.2, -0.15) is 0 Å². The summed E-state index contributed by atoms with van der Waals surface area (Å²) >= 11 is 1.56. The van der Waals surface area contributed by atoms with Crippen molar-refractivity contribution in [3.63, 3.8) is 0 Å². The largest absolute Gasteiger partial charge is 0.354 e. The summed E-state index contributed by atoms with van der Waals surface area (Å²) in [5.74, 6) is 0.222. The molecule has 24 heavy (non-hydrogen) atoms. The molecule has 1 N–H and O–H groups in total. The lowest BCUT2D eigenvalue weighted by Gasteiger charge is -2.33. The Kier molecular flexibility index (Phi) is 5.56. The van der Waals surface area contributed by atoms with Gasteiger partial charge in [0.25, 0.3) is 5.91 Å². The number of hydrogen-bond donors (Lipinski definition) is 1. The molecule has 1 saturated heterocycles. The normalized spacial score (nSPS) is 21.4. The summed E-state index contributed by atoms with van der Waals surface area (Å²) in [4.78, 5) is 30.7. The van der Waals surface area contributed by atoms with E-state index in [9.17, 15) is 9.59 Å². The Balaban J connectivity index is 1.55. The Bertz CT molecular complexity index is 613. The van der Waals surface area contributed by atoms with Crippen molar-refractivity contribution in [3.05, 3.63) is 21.4 Å². The zero-order valence-corrected chi connectivity index (χ0v) is 15.5. The van der Waals surface area contributed by atoms with Crippen LogP contribution in [-0.2, 0) is 17.8 Å². The van der Waals surface area contributed by atoms with Gasteiger partial charge in [0.15, 0.2) is 0 Å². The van der Waals surface area contributed by atoms with Gasteiger partial charge in [-0.1, -0.05) is 6.42 Å². The van der Waals surface area contributed by atoms with E-state index in [1.807, 2.05) is 11.0 Å². The number of rotatable bonds is 4. The standard InChI is InChI=1S/C18H27N3O2S/c1-19-18(23)16-11-13-12-21(10-8-15(13)24-16)17(22)7-6-14-5-3-4-9-20(14)2/h11,14H,3-10,12H2,1-2H3,(H,19,23)/t14-/m1/s1. The van der Waals surface area contributed by atoms with E-state index < -0.39 is 0 Å². The van der Waals surface area contributed by atoms with Crippen LogP contribution in [0.4, 0.5) is 0 Å². The Morgan fingerprint density at radius 2 is 2.17 bits per heavy atom. The topological polar surface area (TPSA) is 52.7 Å². The van der Waals surface area contributed by atoms with E-state index in [0.717, 1.165) is 36.4 Å². The number of nitrogens with zero attached hydrogens (tertiary/aromatic N) is 2. The first-order valence-corrected chi connectivity index (χ1v) is 9.72. The van der Waals surface area contributed by atoms with Gasteiger partial charge < -0.3 is 15.1 Å². The molecule has 2 aliphatic rings. The third kappa shape index (κ3) is 3.81. The van der Waals surface area contributed by atoms with E-state index in [0.29, 0.717) is 19.0 Å². The third-order valence-electron chi connectivity index (χ3n) is 5.28. The quantitative estimate of drug-likeness (QED) is 0.907. The smallest absolute Gasteiger partial charge is 0.261 e. The molecule has 5 nitrogen and oxygen atoms in total. The lowest BCUT2D eigenvalue weighted by molar-refractivity contribution is -0.132. The van der Waals surface area contributed by atoms with Crippen molar-refractivity contribution in [3.8, 4) is 0 Å². The maximum absolute atomic E-state index is 12.6. The maximum Gasteiger partial charge on any atom is 0.261 e. The van der Waals surface area contributed by atoms with Gasteiger partial charge in [0, 0.05) is 37.5 Å². The van der Waals surface area contributed by atoms with E-state index >= 15 is 0 Å². The number of nitrogens with one attached hydrogen (secondary N) is 1. The average molecular weight is 350 g/mol. The Morgan fingerprint density at radius 3 is 2.92 bits per heavy atom. The van der Waals surface area contributed by atoms with Gasteiger partial charge in [-0.05, 0) is 50.9 Å². The molecule has 0 aromatic carbocycles. The van der Waals surface area contributed by atoms with Crippen LogP contribution in [0.25, 0.3) is 0 Å². The molecule has 1 atom stereocenters. The van der Waals surface area contributed by atoms with Crippen molar-refractivity contribution in [2.24, 2.45) is 0 Å². The molecule has 3 rings (SSSR count). The molecule has 2 amide bonds. The summed E-state index contributed by atoms with van der Waals surface area (Å²) in [6, 6.07) is 2.51. The zero-order valence-electron chi connectivity index (χ0n) is 14.6. The van der Waals surface area contributed by atoms with E-state index in [4.69, 9.17) is 0 Å². The Hall–Kier alpha value is -1.40. The van der Waals surface area contributed by atoms with Gasteiger partial charge >= 0.3 is 0 Å². The molecule has 0 spiro atoms. The summed E-state index contributed by atoms with van der Waals surface area (Å²) in [5.41, 5.74) is 1.15. The molecule has 1 fully saturated rings. The fraction of sp³-hybridized carbons (Fsp3) is 0.667. The first-order chi connectivity index (χ1) is 11.6. The van der Waals surface area contributed by atoms with Crippen LogP contribution in [0.1, 0.15) is 52.2 Å². The second-order valence-corrected chi connectivity index (χ2v) is 8.01. The monoisotopic (exact) mass is 349 g/mol. The van der Waals surface area contributed by atoms with Gasteiger partial charge in [-0.3, -0.25) is 9.59 Å². The van der Waals surface area contributed by atoms with Crippen LogP contribution in [0.3, 0.4) is 0 Å². The minimum Gasteiger partial charge on any atom is -0.354 e. The second kappa shape index (κ2) is 7.66. The summed E-state index contributed by atoms with van der Waals surface area (Å²) in [6.07, 6.45) is 6.25. The van der Waals surface area contributed by atoms with Gasteiger partial charge in [-0.25, -0.2) is 0 Å². The number of carbonyl (C=O) groups is 2. The van der Waals surface area contributed by atoms with Crippen LogP contribution in [0.5, 0.6) is 0 Å². The van der Waals surface area contributed by atoms with Crippen LogP contribution in [-0.4, -0.2) is 54.8 Å². The molecule has 0 saturated carbocycles. The number of fused-ring (bicyclic) bond motifs is 1. The molecule has 0 bridgehead atoms.